The number of hydrogen-bond acceptors (Lipinski definition) is 4. The smallest absolute Gasteiger partial charge is 0.402 e. The Morgan fingerprint density at radius 3 is 1.92 bits per heavy atom. The first kappa shape index (κ1) is 11.4. The molecule has 2 N–H and O–H groups in total. The van der Waals surface area contributed by atoms with E-state index in [1.807, 2.05) is 0 Å². The second-order valence-electron chi connectivity index (χ2n) is 1.85. The van der Waals surface area contributed by atoms with Crippen LogP contribution >= 0.6 is 7.94 Å². The van der Waals surface area contributed by atoms with Gasteiger partial charge in [0.2, 0.25) is 0 Å². The normalized spacial score (nSPS) is 12.8. The van der Waals surface area contributed by atoms with E-state index < -0.39 is 25.1 Å². The maximum absolute atomic E-state index is 12.3. The molecular formula is C4H4F2O5P-. The largest absolute Gasteiger partial charge is 0.655 e. The quantitative estimate of drug-likeness (QED) is 0.436. The van der Waals surface area contributed by atoms with Gasteiger partial charge in [-0.15, -0.1) is 0 Å². The molecule has 0 aromatic heterocycles. The van der Waals surface area contributed by atoms with Crippen LogP contribution in [0.15, 0.2) is 12.2 Å². The van der Waals surface area contributed by atoms with Gasteiger partial charge in [0, 0.05) is 0 Å². The van der Waals surface area contributed by atoms with Crippen LogP contribution in [0.25, 0.3) is 0 Å². The number of alkyl halides is 2. The van der Waals surface area contributed by atoms with Crippen LogP contribution in [0.4, 0.5) is 8.78 Å². The Labute approximate surface area is 66.2 Å². The van der Waals surface area contributed by atoms with E-state index >= 15 is 0 Å². The Kier molecular flexibility index (Phi) is 2.87. The Morgan fingerprint density at radius 2 is 1.83 bits per heavy atom. The molecule has 0 aromatic rings. The second-order valence-corrected chi connectivity index (χ2v) is 3.45. The molecule has 0 aromatic carbocycles. The van der Waals surface area contributed by atoms with Crippen LogP contribution in [0, 0.1) is 0 Å². The van der Waals surface area contributed by atoms with E-state index in [1.54, 1.807) is 0 Å². The third kappa shape index (κ3) is 1.95. The Balaban J connectivity index is 4.87. The lowest BCUT2D eigenvalue weighted by Gasteiger charge is -2.34. The third-order valence-electron chi connectivity index (χ3n) is 0.976. The van der Waals surface area contributed by atoms with Crippen LogP contribution in [0.2, 0.25) is 0 Å². The Hall–Kier alpha value is -0.620. The van der Waals surface area contributed by atoms with E-state index in [4.69, 9.17) is 10.00 Å². The first-order valence-electron chi connectivity index (χ1n) is 2.45. The molecule has 0 fully saturated rings. The van der Waals surface area contributed by atoms with E-state index in [1.165, 1.54) is 0 Å². The molecule has 0 unspecified atom stereocenters. The maximum atomic E-state index is 12.3. The van der Waals surface area contributed by atoms with Gasteiger partial charge in [0.1, 0.15) is 13.5 Å². The molecular weight excluding hydrogens is 197 g/mol. The molecule has 0 aliphatic carbocycles. The van der Waals surface area contributed by atoms with Crippen LogP contribution in [-0.4, -0.2) is 21.6 Å². The van der Waals surface area contributed by atoms with Gasteiger partial charge in [-0.3, -0.25) is 4.89 Å². The molecule has 8 heteroatoms. The summed E-state index contributed by atoms with van der Waals surface area (Å²) in [5.41, 5.74) is -6.71. The standard InChI is InChI=1S/C4H5F2O5P/c1-2(3(7)8)4(5,6)12(9,10)11/h1H2,(H,7,8)(H2,9,10,11)/p-1. The molecule has 0 radical (unpaired) electrons. The van der Waals surface area contributed by atoms with Crippen molar-refractivity contribution in [2.45, 2.75) is 5.66 Å². The van der Waals surface area contributed by atoms with Gasteiger partial charge < -0.3 is 14.9 Å². The van der Waals surface area contributed by atoms with Gasteiger partial charge in [-0.2, -0.15) is 8.78 Å². The minimum atomic E-state index is -6.04. The van der Waals surface area contributed by atoms with Crippen LogP contribution in [0.1, 0.15) is 0 Å². The first-order chi connectivity index (χ1) is 5.10. The lowest BCUT2D eigenvalue weighted by molar-refractivity contribution is -0.349. The highest BCUT2D eigenvalue weighted by molar-refractivity contribution is 7.57. The van der Waals surface area contributed by atoms with Crippen molar-refractivity contribution in [1.29, 1.82) is 0 Å². The fraction of sp³-hybridized carbons (Fsp3) is 0.250. The lowest BCUT2D eigenvalue weighted by atomic mass is 10.3. The monoisotopic (exact) mass is 201 g/mol. The van der Waals surface area contributed by atoms with E-state index in [-0.39, 0.29) is 0 Å². The zero-order chi connectivity index (χ0) is 10.2. The zero-order valence-corrected chi connectivity index (χ0v) is 6.42. The molecule has 0 aliphatic rings. The van der Waals surface area contributed by atoms with Gasteiger partial charge in [-0.1, -0.05) is 6.58 Å². The predicted molar refractivity (Wildman–Crippen MR) is 30.9 cm³/mol. The minimum Gasteiger partial charge on any atom is -0.655 e. The highest BCUT2D eigenvalue weighted by Gasteiger charge is 2.51. The summed E-state index contributed by atoms with van der Waals surface area (Å²) in [4.78, 5) is 37.5. The summed E-state index contributed by atoms with van der Waals surface area (Å²) < 4.78 is 24.5. The number of aliphatic carboxylic acids is 1. The summed E-state index contributed by atoms with van der Waals surface area (Å²) in [5.74, 6) is -2.19. The fourth-order valence-electron chi connectivity index (χ4n) is 0.299. The van der Waals surface area contributed by atoms with Crippen molar-refractivity contribution in [3.05, 3.63) is 12.2 Å². The van der Waals surface area contributed by atoms with Crippen molar-refractivity contribution in [2.24, 2.45) is 0 Å². The van der Waals surface area contributed by atoms with E-state index in [2.05, 4.69) is 6.58 Å². The number of carboxylic acid groups (broad SMARTS) is 1. The van der Waals surface area contributed by atoms with Crippen molar-refractivity contribution in [3.63, 3.8) is 0 Å². The van der Waals surface area contributed by atoms with Gasteiger partial charge in [0.05, 0.1) is 0 Å². The lowest BCUT2D eigenvalue weighted by Crippen LogP contribution is -2.40. The highest BCUT2D eigenvalue weighted by Crippen LogP contribution is 2.56. The molecule has 0 aliphatic heterocycles. The summed E-state index contributed by atoms with van der Waals surface area (Å²) in [6.07, 6.45) is 0. The van der Waals surface area contributed by atoms with E-state index in [0.29, 0.717) is 0 Å². The fourth-order valence-corrected chi connectivity index (χ4v) is 0.736. The van der Waals surface area contributed by atoms with Gasteiger partial charge >= 0.3 is 11.6 Å². The summed E-state index contributed by atoms with van der Waals surface area (Å²) in [7, 11) is -6.04. The average molecular weight is 201 g/mol. The molecule has 0 atom stereocenters. The SMILES string of the molecule is C=C(C(=O)O)C(F)(F)[P+]([O-])([O-])O. The van der Waals surface area contributed by atoms with Crippen molar-refractivity contribution >= 4 is 13.9 Å². The van der Waals surface area contributed by atoms with Crippen molar-refractivity contribution in [2.75, 3.05) is 0 Å². The van der Waals surface area contributed by atoms with Gasteiger partial charge in [-0.25, -0.2) is 4.79 Å². The zero-order valence-electron chi connectivity index (χ0n) is 5.53. The minimum absolute atomic E-state index is 1.89. The molecule has 70 valence electrons. The average Bonchev–Trinajstić information content (AvgIpc) is 1.83. The Morgan fingerprint density at radius 1 is 1.50 bits per heavy atom. The number of hydrogen-bond donors (Lipinski definition) is 2. The summed E-state index contributed by atoms with van der Waals surface area (Å²) in [5, 5.41) is 7.93. The van der Waals surface area contributed by atoms with E-state index in [9.17, 15) is 23.4 Å². The van der Waals surface area contributed by atoms with Crippen molar-refractivity contribution in [1.82, 2.24) is 0 Å². The predicted octanol–water partition coefficient (Wildman–Crippen LogP) is -1.30. The molecule has 0 rings (SSSR count). The third-order valence-corrected chi connectivity index (χ3v) is 1.96. The van der Waals surface area contributed by atoms with Crippen LogP contribution in [0.3, 0.4) is 0 Å². The summed E-state index contributed by atoms with van der Waals surface area (Å²) >= 11 is 0. The summed E-state index contributed by atoms with van der Waals surface area (Å²) in [6, 6.07) is 0. The number of rotatable bonds is 3. The molecule has 0 heterocycles. The van der Waals surface area contributed by atoms with Crippen LogP contribution in [0.5, 0.6) is 0 Å². The maximum Gasteiger partial charge on any atom is 0.402 e. The Bertz CT molecular complexity index is 220. The first-order valence-corrected chi connectivity index (χ1v) is 4.03. The molecule has 0 saturated heterocycles. The molecule has 0 bridgehead atoms. The molecule has 0 amide bonds. The molecule has 5 nitrogen and oxygen atoms in total. The number of carboxylic acids is 1. The topological polar surface area (TPSA) is 104 Å². The van der Waals surface area contributed by atoms with Crippen molar-refractivity contribution < 1.29 is 33.4 Å². The molecule has 0 saturated carbocycles. The molecule has 12 heavy (non-hydrogen) atoms. The highest BCUT2D eigenvalue weighted by atomic mass is 31.2. The van der Waals surface area contributed by atoms with Gasteiger partial charge in [0.15, 0.2) is 0 Å². The molecule has 0 spiro atoms. The second kappa shape index (κ2) is 3.02. The summed E-state index contributed by atoms with van der Waals surface area (Å²) in [6.45, 7) is 2.31. The van der Waals surface area contributed by atoms with Gasteiger partial charge in [-0.05, 0) is 0 Å². The van der Waals surface area contributed by atoms with E-state index in [0.717, 1.165) is 0 Å². The number of carbonyl (C=O) groups is 1. The van der Waals surface area contributed by atoms with Crippen LogP contribution < -0.4 is 9.79 Å². The van der Waals surface area contributed by atoms with Gasteiger partial charge in [0.25, 0.3) is 0 Å². The van der Waals surface area contributed by atoms with Crippen LogP contribution in [-0.2, 0) is 4.79 Å². The van der Waals surface area contributed by atoms with Crippen molar-refractivity contribution in [3.8, 4) is 0 Å². The number of halogens is 2.